The van der Waals surface area contributed by atoms with Crippen LogP contribution in [0, 0.1) is 5.82 Å². The van der Waals surface area contributed by atoms with Crippen molar-refractivity contribution in [2.45, 2.75) is 44.1 Å². The molecule has 0 bridgehead atoms. The molecule has 3 heteroatoms. The van der Waals surface area contributed by atoms with Crippen molar-refractivity contribution >= 4 is 22.5 Å². The second kappa shape index (κ2) is 9.32. The van der Waals surface area contributed by atoms with Gasteiger partial charge < -0.3 is 9.64 Å². The standard InChI is InChI=1S/C39H34FNO/c1-38(2)34-25-28(40)17-20-32(34)35-30-13-7-8-14-31(30)37-33(36(35)38)21-22-39(42-37,26-11-5-3-6-12-26)27-15-18-29(19-16-27)41-23-9-4-10-24-41/h3,5-8,11-22,25H,4,9-10,23-24H2,1-2H3. The molecule has 1 aliphatic carbocycles. The molecular formula is C39H34FNO. The van der Waals surface area contributed by atoms with Crippen molar-refractivity contribution in [1.29, 1.82) is 0 Å². The van der Waals surface area contributed by atoms with E-state index in [0.717, 1.165) is 57.4 Å². The molecule has 42 heavy (non-hydrogen) atoms. The molecular weight excluding hydrogens is 517 g/mol. The highest BCUT2D eigenvalue weighted by molar-refractivity contribution is 6.08. The van der Waals surface area contributed by atoms with Gasteiger partial charge in [-0.1, -0.05) is 92.7 Å². The Bertz CT molecular complexity index is 1870. The van der Waals surface area contributed by atoms with Gasteiger partial charge in [0.15, 0.2) is 5.60 Å². The van der Waals surface area contributed by atoms with Gasteiger partial charge in [0, 0.05) is 46.3 Å². The maximum absolute atomic E-state index is 14.6. The van der Waals surface area contributed by atoms with Crippen LogP contribution in [0.2, 0.25) is 0 Å². The minimum atomic E-state index is -0.784. The lowest BCUT2D eigenvalue weighted by Crippen LogP contribution is -2.35. The van der Waals surface area contributed by atoms with Crippen LogP contribution in [-0.4, -0.2) is 13.1 Å². The van der Waals surface area contributed by atoms with E-state index in [9.17, 15) is 4.39 Å². The van der Waals surface area contributed by atoms with Crippen molar-refractivity contribution in [2.24, 2.45) is 0 Å². The maximum Gasteiger partial charge on any atom is 0.178 e. The zero-order valence-corrected chi connectivity index (χ0v) is 24.2. The number of halogens is 1. The van der Waals surface area contributed by atoms with E-state index in [1.165, 1.54) is 36.1 Å². The van der Waals surface area contributed by atoms with Crippen LogP contribution in [-0.2, 0) is 11.0 Å². The van der Waals surface area contributed by atoms with E-state index in [0.29, 0.717) is 0 Å². The van der Waals surface area contributed by atoms with Crippen LogP contribution in [0.5, 0.6) is 5.75 Å². The van der Waals surface area contributed by atoms with Gasteiger partial charge in [-0.2, -0.15) is 0 Å². The van der Waals surface area contributed by atoms with Gasteiger partial charge in [0.2, 0.25) is 0 Å². The fraction of sp³-hybridized carbons (Fsp3) is 0.231. The number of benzene rings is 5. The van der Waals surface area contributed by atoms with Crippen LogP contribution in [0.15, 0.2) is 103 Å². The van der Waals surface area contributed by atoms with E-state index in [2.05, 4.69) is 110 Å². The lowest BCUT2D eigenvalue weighted by Gasteiger charge is -2.38. The van der Waals surface area contributed by atoms with E-state index in [1.54, 1.807) is 12.1 Å². The van der Waals surface area contributed by atoms with E-state index in [-0.39, 0.29) is 11.2 Å². The summed E-state index contributed by atoms with van der Waals surface area (Å²) in [6.45, 7) is 6.65. The highest BCUT2D eigenvalue weighted by Gasteiger charge is 2.44. The number of ether oxygens (including phenoxy) is 1. The van der Waals surface area contributed by atoms with Gasteiger partial charge in [-0.05, 0) is 77.2 Å². The molecule has 2 aliphatic heterocycles. The maximum atomic E-state index is 14.6. The molecule has 1 fully saturated rings. The monoisotopic (exact) mass is 551 g/mol. The Morgan fingerprint density at radius 3 is 2.19 bits per heavy atom. The van der Waals surface area contributed by atoms with Gasteiger partial charge in [-0.15, -0.1) is 0 Å². The molecule has 0 spiro atoms. The first-order valence-electron chi connectivity index (χ1n) is 15.2. The van der Waals surface area contributed by atoms with Gasteiger partial charge >= 0.3 is 0 Å². The lowest BCUT2D eigenvalue weighted by molar-refractivity contribution is 0.163. The number of hydrogen-bond acceptors (Lipinski definition) is 2. The average Bonchev–Trinajstić information content (AvgIpc) is 3.28. The largest absolute Gasteiger partial charge is 0.472 e. The molecule has 5 aromatic rings. The highest BCUT2D eigenvalue weighted by Crippen LogP contribution is 2.58. The topological polar surface area (TPSA) is 12.5 Å². The summed E-state index contributed by atoms with van der Waals surface area (Å²) in [5, 5.41) is 2.22. The van der Waals surface area contributed by atoms with Crippen LogP contribution in [0.1, 0.15) is 60.9 Å². The van der Waals surface area contributed by atoms with E-state index in [4.69, 9.17) is 4.74 Å². The minimum Gasteiger partial charge on any atom is -0.472 e. The van der Waals surface area contributed by atoms with E-state index < -0.39 is 5.60 Å². The fourth-order valence-electron chi connectivity index (χ4n) is 7.64. The summed E-state index contributed by atoms with van der Waals surface area (Å²) in [6.07, 6.45) is 8.32. The van der Waals surface area contributed by atoms with Crippen molar-refractivity contribution in [3.63, 3.8) is 0 Å². The Morgan fingerprint density at radius 2 is 1.43 bits per heavy atom. The molecule has 0 amide bonds. The van der Waals surface area contributed by atoms with Gasteiger partial charge in [0.1, 0.15) is 11.6 Å². The molecule has 0 radical (unpaired) electrons. The first kappa shape index (κ1) is 25.3. The summed E-state index contributed by atoms with van der Waals surface area (Å²) in [7, 11) is 0. The Morgan fingerprint density at radius 1 is 0.738 bits per heavy atom. The Balaban J connectivity index is 1.35. The highest BCUT2D eigenvalue weighted by atomic mass is 19.1. The van der Waals surface area contributed by atoms with Crippen LogP contribution >= 0.6 is 0 Å². The number of hydrogen-bond donors (Lipinski definition) is 0. The normalized spacial score (nSPS) is 20.1. The fourth-order valence-corrected chi connectivity index (χ4v) is 7.64. The number of anilines is 1. The van der Waals surface area contributed by atoms with Gasteiger partial charge in [-0.3, -0.25) is 0 Å². The lowest BCUT2D eigenvalue weighted by atomic mass is 9.77. The number of piperidine rings is 1. The zero-order chi connectivity index (χ0) is 28.5. The summed E-state index contributed by atoms with van der Waals surface area (Å²) >= 11 is 0. The number of rotatable bonds is 3. The average molecular weight is 552 g/mol. The molecule has 1 saturated heterocycles. The zero-order valence-electron chi connectivity index (χ0n) is 24.2. The molecule has 5 aromatic carbocycles. The van der Waals surface area contributed by atoms with Crippen molar-refractivity contribution in [3.05, 3.63) is 137 Å². The summed E-state index contributed by atoms with van der Waals surface area (Å²) in [6, 6.07) is 33.3. The summed E-state index contributed by atoms with van der Waals surface area (Å²) in [5.41, 5.74) is 7.92. The van der Waals surface area contributed by atoms with Crippen LogP contribution in [0.3, 0.4) is 0 Å². The molecule has 2 heterocycles. The Labute approximate surface area is 247 Å². The second-order valence-corrected chi connectivity index (χ2v) is 12.5. The smallest absolute Gasteiger partial charge is 0.178 e. The molecule has 8 rings (SSSR count). The van der Waals surface area contributed by atoms with E-state index in [1.807, 2.05) is 6.07 Å². The predicted molar refractivity (Wildman–Crippen MR) is 171 cm³/mol. The quantitative estimate of drug-likeness (QED) is 0.221. The number of nitrogens with zero attached hydrogens (tertiary/aromatic N) is 1. The van der Waals surface area contributed by atoms with Crippen molar-refractivity contribution in [2.75, 3.05) is 18.0 Å². The SMILES string of the molecule is CC1(C)c2cc(F)ccc2-c2c1c1c(c3ccccc23)OC(c2ccccc2)(c2ccc(N3CCCCC3)cc2)C=C1. The van der Waals surface area contributed by atoms with Crippen molar-refractivity contribution in [3.8, 4) is 16.9 Å². The van der Waals surface area contributed by atoms with Gasteiger partial charge in [0.05, 0.1) is 0 Å². The Hall–Kier alpha value is -4.37. The molecule has 1 atom stereocenters. The van der Waals surface area contributed by atoms with Crippen molar-refractivity contribution in [1.82, 2.24) is 0 Å². The Kier molecular flexibility index (Phi) is 5.63. The second-order valence-electron chi connectivity index (χ2n) is 12.5. The van der Waals surface area contributed by atoms with Crippen LogP contribution in [0.25, 0.3) is 28.0 Å². The molecule has 0 aromatic heterocycles. The number of fused-ring (bicyclic) bond motifs is 8. The van der Waals surface area contributed by atoms with Crippen LogP contribution in [0.4, 0.5) is 10.1 Å². The van der Waals surface area contributed by atoms with Crippen molar-refractivity contribution < 1.29 is 9.13 Å². The molecule has 0 N–H and O–H groups in total. The third-order valence-electron chi connectivity index (χ3n) is 9.72. The summed E-state index contributed by atoms with van der Waals surface area (Å²) < 4.78 is 21.9. The summed E-state index contributed by atoms with van der Waals surface area (Å²) in [4.78, 5) is 2.49. The predicted octanol–water partition coefficient (Wildman–Crippen LogP) is 9.62. The first-order valence-corrected chi connectivity index (χ1v) is 15.2. The molecule has 0 saturated carbocycles. The molecule has 3 aliphatic rings. The molecule has 2 nitrogen and oxygen atoms in total. The first-order chi connectivity index (χ1) is 20.5. The molecule has 208 valence electrons. The third-order valence-corrected chi connectivity index (χ3v) is 9.72. The van der Waals surface area contributed by atoms with E-state index >= 15 is 0 Å². The third kappa shape index (κ3) is 3.62. The van der Waals surface area contributed by atoms with Crippen LogP contribution < -0.4 is 9.64 Å². The summed E-state index contributed by atoms with van der Waals surface area (Å²) in [5.74, 6) is 0.688. The van der Waals surface area contributed by atoms with Gasteiger partial charge in [0.25, 0.3) is 0 Å². The molecule has 1 unspecified atom stereocenters. The van der Waals surface area contributed by atoms with Gasteiger partial charge in [-0.25, -0.2) is 4.39 Å². The minimum absolute atomic E-state index is 0.198.